The molecule has 0 radical (unpaired) electrons. The molecule has 12 heavy (non-hydrogen) atoms. The van der Waals surface area contributed by atoms with Crippen LogP contribution >= 0.6 is 11.6 Å². The smallest absolute Gasteiger partial charge is 0.0533 e. The maximum Gasteiger partial charge on any atom is 0.0533 e. The van der Waals surface area contributed by atoms with Gasteiger partial charge in [-0.1, -0.05) is 13.8 Å². The Morgan fingerprint density at radius 2 is 2.17 bits per heavy atom. The highest BCUT2D eigenvalue weighted by molar-refractivity contribution is 6.18. The van der Waals surface area contributed by atoms with Crippen molar-refractivity contribution in [2.75, 3.05) is 19.1 Å². The normalized spacial score (nSPS) is 22.2. The lowest BCUT2D eigenvalue weighted by Crippen LogP contribution is -2.28. The van der Waals surface area contributed by atoms with Crippen molar-refractivity contribution in [1.29, 1.82) is 0 Å². The van der Waals surface area contributed by atoms with Crippen LogP contribution in [0.1, 0.15) is 33.1 Å². The lowest BCUT2D eigenvalue weighted by molar-refractivity contribution is 0.0530. The van der Waals surface area contributed by atoms with Crippen LogP contribution in [0.25, 0.3) is 0 Å². The van der Waals surface area contributed by atoms with Gasteiger partial charge in [0.15, 0.2) is 0 Å². The van der Waals surface area contributed by atoms with Gasteiger partial charge in [-0.05, 0) is 25.2 Å². The molecule has 2 heteroatoms. The molecule has 0 aromatic heterocycles. The van der Waals surface area contributed by atoms with Gasteiger partial charge >= 0.3 is 0 Å². The zero-order chi connectivity index (χ0) is 9.03. The molecule has 1 aliphatic rings. The summed E-state index contributed by atoms with van der Waals surface area (Å²) in [4.78, 5) is 0. The fraction of sp³-hybridized carbons (Fsp3) is 1.00. The predicted octanol–water partition coefficient (Wildman–Crippen LogP) is 3.07. The molecule has 0 aliphatic heterocycles. The maximum absolute atomic E-state index is 5.94. The molecule has 1 saturated carbocycles. The Morgan fingerprint density at radius 3 is 2.58 bits per heavy atom. The number of hydrogen-bond acceptors (Lipinski definition) is 1. The van der Waals surface area contributed by atoms with Crippen molar-refractivity contribution in [3.63, 3.8) is 0 Å². The van der Waals surface area contributed by atoms with Gasteiger partial charge in [0.1, 0.15) is 0 Å². The summed E-state index contributed by atoms with van der Waals surface area (Å²) >= 11 is 5.94. The monoisotopic (exact) mass is 190 g/mol. The van der Waals surface area contributed by atoms with E-state index < -0.39 is 0 Å². The quantitative estimate of drug-likeness (QED) is 0.462. The van der Waals surface area contributed by atoms with Crippen molar-refractivity contribution >= 4 is 11.6 Å². The van der Waals surface area contributed by atoms with Crippen LogP contribution in [0.2, 0.25) is 0 Å². The van der Waals surface area contributed by atoms with Crippen molar-refractivity contribution in [3.8, 4) is 0 Å². The second-order valence-corrected chi connectivity index (χ2v) is 4.38. The van der Waals surface area contributed by atoms with Crippen molar-refractivity contribution in [2.45, 2.75) is 33.1 Å². The molecular weight excluding hydrogens is 172 g/mol. The van der Waals surface area contributed by atoms with Crippen LogP contribution in [0.15, 0.2) is 0 Å². The predicted molar refractivity (Wildman–Crippen MR) is 52.7 cm³/mol. The van der Waals surface area contributed by atoms with Crippen LogP contribution in [0, 0.1) is 11.3 Å². The average molecular weight is 191 g/mol. The molecule has 0 aromatic carbocycles. The number of hydrogen-bond donors (Lipinski definition) is 0. The number of ether oxygens (including phenoxy) is 1. The zero-order valence-electron chi connectivity index (χ0n) is 8.11. The third kappa shape index (κ3) is 2.63. The zero-order valence-corrected chi connectivity index (χ0v) is 8.86. The van der Waals surface area contributed by atoms with Gasteiger partial charge in [0, 0.05) is 17.9 Å². The van der Waals surface area contributed by atoms with E-state index in [4.69, 9.17) is 16.3 Å². The second kappa shape index (κ2) is 4.48. The summed E-state index contributed by atoms with van der Waals surface area (Å²) in [5.74, 6) is 1.56. The Kier molecular flexibility index (Phi) is 3.85. The molecule has 1 unspecified atom stereocenters. The molecule has 0 N–H and O–H groups in total. The Balaban J connectivity index is 2.23. The number of halogens is 1. The molecule has 0 heterocycles. The molecule has 0 bridgehead atoms. The van der Waals surface area contributed by atoms with E-state index in [1.54, 1.807) is 0 Å². The molecule has 0 aromatic rings. The summed E-state index contributed by atoms with van der Waals surface area (Å²) < 4.78 is 5.56. The van der Waals surface area contributed by atoms with Gasteiger partial charge in [-0.15, -0.1) is 11.6 Å². The molecule has 0 saturated heterocycles. The van der Waals surface area contributed by atoms with Gasteiger partial charge in [0.25, 0.3) is 0 Å². The highest BCUT2D eigenvalue weighted by Gasteiger charge is 2.40. The van der Waals surface area contributed by atoms with Gasteiger partial charge < -0.3 is 4.74 Å². The van der Waals surface area contributed by atoms with Crippen LogP contribution in [0.5, 0.6) is 0 Å². The van der Waals surface area contributed by atoms with Gasteiger partial charge in [0.2, 0.25) is 0 Å². The topological polar surface area (TPSA) is 9.23 Å². The molecule has 0 amide bonds. The van der Waals surface area contributed by atoms with E-state index >= 15 is 0 Å². The van der Waals surface area contributed by atoms with Crippen LogP contribution in [0.4, 0.5) is 0 Å². The third-order valence-corrected chi connectivity index (χ3v) is 3.26. The summed E-state index contributed by atoms with van der Waals surface area (Å²) in [7, 11) is 0. The van der Waals surface area contributed by atoms with E-state index in [-0.39, 0.29) is 5.41 Å². The highest BCUT2D eigenvalue weighted by Crippen LogP contribution is 2.46. The Hall–Kier alpha value is 0.250. The summed E-state index contributed by atoms with van der Waals surface area (Å²) in [5, 5.41) is 0. The Labute approximate surface area is 80.4 Å². The minimum Gasteiger partial charge on any atom is -0.381 e. The molecule has 1 fully saturated rings. The Morgan fingerprint density at radius 1 is 1.50 bits per heavy atom. The first kappa shape index (κ1) is 10.3. The standard InChI is InChI=1S/C10H19ClO/c1-3-6-12-8-10(2,7-11)9-4-5-9/h9H,3-8H2,1-2H3. The number of rotatable bonds is 6. The fourth-order valence-corrected chi connectivity index (χ4v) is 1.79. The van der Waals surface area contributed by atoms with Crippen LogP contribution in [-0.2, 0) is 4.74 Å². The fourth-order valence-electron chi connectivity index (χ4n) is 1.50. The molecule has 1 nitrogen and oxygen atoms in total. The largest absolute Gasteiger partial charge is 0.381 e. The molecule has 1 atom stereocenters. The van der Waals surface area contributed by atoms with E-state index in [2.05, 4.69) is 13.8 Å². The second-order valence-electron chi connectivity index (χ2n) is 4.11. The van der Waals surface area contributed by atoms with E-state index in [1.165, 1.54) is 12.8 Å². The van der Waals surface area contributed by atoms with Gasteiger partial charge in [0.05, 0.1) is 6.61 Å². The molecule has 0 spiro atoms. The average Bonchev–Trinajstić information content (AvgIpc) is 2.87. The first-order valence-corrected chi connectivity index (χ1v) is 5.40. The molecular formula is C10H19ClO. The highest BCUT2D eigenvalue weighted by atomic mass is 35.5. The summed E-state index contributed by atoms with van der Waals surface area (Å²) in [6, 6.07) is 0. The summed E-state index contributed by atoms with van der Waals surface area (Å²) in [6.07, 6.45) is 3.79. The van der Waals surface area contributed by atoms with E-state index in [0.29, 0.717) is 0 Å². The first-order chi connectivity index (χ1) is 5.73. The van der Waals surface area contributed by atoms with Crippen molar-refractivity contribution in [3.05, 3.63) is 0 Å². The molecule has 1 aliphatic carbocycles. The van der Waals surface area contributed by atoms with Gasteiger partial charge in [-0.25, -0.2) is 0 Å². The third-order valence-electron chi connectivity index (χ3n) is 2.65. The minimum atomic E-state index is 0.247. The van der Waals surface area contributed by atoms with Crippen LogP contribution < -0.4 is 0 Å². The first-order valence-electron chi connectivity index (χ1n) is 4.86. The molecule has 72 valence electrons. The van der Waals surface area contributed by atoms with Gasteiger partial charge in [-0.3, -0.25) is 0 Å². The SMILES string of the molecule is CCCOCC(C)(CCl)C1CC1. The maximum atomic E-state index is 5.94. The van der Waals surface area contributed by atoms with Crippen LogP contribution in [0.3, 0.4) is 0 Å². The lowest BCUT2D eigenvalue weighted by atomic mass is 9.88. The van der Waals surface area contributed by atoms with Crippen molar-refractivity contribution in [1.82, 2.24) is 0 Å². The van der Waals surface area contributed by atoms with E-state index in [9.17, 15) is 0 Å². The van der Waals surface area contributed by atoms with E-state index in [0.717, 1.165) is 31.4 Å². The Bertz CT molecular complexity index is 134. The van der Waals surface area contributed by atoms with Crippen LogP contribution in [-0.4, -0.2) is 19.1 Å². The number of alkyl halides is 1. The van der Waals surface area contributed by atoms with E-state index in [1.807, 2.05) is 0 Å². The summed E-state index contributed by atoms with van der Waals surface area (Å²) in [5.41, 5.74) is 0.247. The molecule has 1 rings (SSSR count). The van der Waals surface area contributed by atoms with Gasteiger partial charge in [-0.2, -0.15) is 0 Å². The van der Waals surface area contributed by atoms with Crippen molar-refractivity contribution < 1.29 is 4.74 Å². The lowest BCUT2D eigenvalue weighted by Gasteiger charge is -2.26. The van der Waals surface area contributed by atoms with Crippen molar-refractivity contribution in [2.24, 2.45) is 11.3 Å². The minimum absolute atomic E-state index is 0.247. The summed E-state index contributed by atoms with van der Waals surface area (Å²) in [6.45, 7) is 6.09.